The Hall–Kier alpha value is -1.40. The van der Waals surface area contributed by atoms with E-state index in [1.807, 2.05) is 6.07 Å². The van der Waals surface area contributed by atoms with Gasteiger partial charge in [0.15, 0.2) is 0 Å². The zero-order chi connectivity index (χ0) is 15.5. The van der Waals surface area contributed by atoms with Crippen molar-refractivity contribution in [1.82, 2.24) is 4.90 Å². The summed E-state index contributed by atoms with van der Waals surface area (Å²) in [6, 6.07) is 7.02. The average Bonchev–Trinajstić information content (AvgIpc) is 2.66. The Labute approximate surface area is 127 Å². The zero-order valence-corrected chi connectivity index (χ0v) is 13.3. The first-order valence-electron chi connectivity index (χ1n) is 7.81. The molecular weight excluding hydrogens is 263 g/mol. The van der Waals surface area contributed by atoms with Crippen LogP contribution in [0.5, 0.6) is 0 Å². The Morgan fingerprint density at radius 3 is 2.71 bits per heavy atom. The van der Waals surface area contributed by atoms with E-state index in [4.69, 9.17) is 5.26 Å². The quantitative estimate of drug-likeness (QED) is 0.809. The number of likely N-dealkylation sites (tertiary alicyclic amines) is 1. The normalized spacial score (nSPS) is 20.8. The molecule has 0 N–H and O–H groups in total. The maximum atomic E-state index is 14.1. The summed E-state index contributed by atoms with van der Waals surface area (Å²) in [5, 5.41) is 8.91. The Morgan fingerprint density at radius 2 is 2.05 bits per heavy atom. The van der Waals surface area contributed by atoms with Gasteiger partial charge < -0.3 is 0 Å². The summed E-state index contributed by atoms with van der Waals surface area (Å²) in [4.78, 5) is 2.32. The molecule has 0 aliphatic carbocycles. The minimum atomic E-state index is -0.350. The number of halogens is 1. The van der Waals surface area contributed by atoms with Gasteiger partial charge in [-0.1, -0.05) is 32.9 Å². The number of rotatable bonds is 2. The van der Waals surface area contributed by atoms with Crippen molar-refractivity contribution in [2.75, 3.05) is 13.1 Å². The molecule has 1 aromatic rings. The molecule has 2 nitrogen and oxygen atoms in total. The fourth-order valence-corrected chi connectivity index (χ4v) is 3.21. The molecule has 0 bridgehead atoms. The summed E-state index contributed by atoms with van der Waals surface area (Å²) < 4.78 is 14.1. The van der Waals surface area contributed by atoms with E-state index in [1.165, 1.54) is 25.3 Å². The Kier molecular flexibility index (Phi) is 5.00. The first-order chi connectivity index (χ1) is 9.91. The second kappa shape index (κ2) is 6.58. The SMILES string of the molecule is CC(C)(C)C1CCCN(Cc2cccc(C#N)c2F)CC1. The lowest BCUT2D eigenvalue weighted by molar-refractivity contribution is 0.206. The molecule has 0 amide bonds. The minimum Gasteiger partial charge on any atom is -0.299 e. The molecule has 1 heterocycles. The van der Waals surface area contributed by atoms with Crippen molar-refractivity contribution in [3.63, 3.8) is 0 Å². The van der Waals surface area contributed by atoms with Crippen molar-refractivity contribution in [1.29, 1.82) is 5.26 Å². The molecular formula is C18H25FN2. The summed E-state index contributed by atoms with van der Waals surface area (Å²) in [6.07, 6.45) is 3.59. The molecule has 1 aliphatic rings. The van der Waals surface area contributed by atoms with Crippen molar-refractivity contribution >= 4 is 0 Å². The van der Waals surface area contributed by atoms with Crippen LogP contribution in [0.1, 0.15) is 51.2 Å². The fraction of sp³-hybridized carbons (Fsp3) is 0.611. The monoisotopic (exact) mass is 288 g/mol. The molecule has 1 aliphatic heterocycles. The van der Waals surface area contributed by atoms with E-state index in [0.29, 0.717) is 17.5 Å². The number of hydrogen-bond donors (Lipinski definition) is 0. The summed E-state index contributed by atoms with van der Waals surface area (Å²) >= 11 is 0. The molecule has 0 spiro atoms. The smallest absolute Gasteiger partial charge is 0.145 e. The van der Waals surface area contributed by atoms with Crippen LogP contribution in [0.2, 0.25) is 0 Å². The van der Waals surface area contributed by atoms with Crippen molar-refractivity contribution in [3.05, 3.63) is 35.1 Å². The van der Waals surface area contributed by atoms with Crippen LogP contribution in [0.15, 0.2) is 18.2 Å². The van der Waals surface area contributed by atoms with Crippen LogP contribution in [-0.2, 0) is 6.54 Å². The van der Waals surface area contributed by atoms with Crippen LogP contribution in [0, 0.1) is 28.5 Å². The molecule has 2 rings (SSSR count). The molecule has 21 heavy (non-hydrogen) atoms. The molecule has 1 atom stereocenters. The highest BCUT2D eigenvalue weighted by molar-refractivity contribution is 5.34. The van der Waals surface area contributed by atoms with Gasteiger partial charge in [-0.25, -0.2) is 4.39 Å². The fourth-order valence-electron chi connectivity index (χ4n) is 3.21. The molecule has 114 valence electrons. The van der Waals surface area contributed by atoms with E-state index in [0.717, 1.165) is 19.0 Å². The van der Waals surface area contributed by atoms with Crippen molar-refractivity contribution < 1.29 is 4.39 Å². The Bertz CT molecular complexity index is 525. The predicted molar refractivity (Wildman–Crippen MR) is 83.2 cm³/mol. The van der Waals surface area contributed by atoms with E-state index in [1.54, 1.807) is 12.1 Å². The van der Waals surface area contributed by atoms with Crippen LogP contribution < -0.4 is 0 Å². The van der Waals surface area contributed by atoms with Gasteiger partial charge in [-0.3, -0.25) is 4.90 Å². The molecule has 0 radical (unpaired) electrons. The molecule has 0 saturated carbocycles. The molecule has 1 aromatic carbocycles. The Balaban J connectivity index is 2.03. The second-order valence-electron chi connectivity index (χ2n) is 7.16. The van der Waals surface area contributed by atoms with E-state index in [2.05, 4.69) is 25.7 Å². The lowest BCUT2D eigenvalue weighted by atomic mass is 9.77. The van der Waals surface area contributed by atoms with Gasteiger partial charge in [-0.2, -0.15) is 5.26 Å². The minimum absolute atomic E-state index is 0.148. The number of hydrogen-bond acceptors (Lipinski definition) is 2. The van der Waals surface area contributed by atoms with Gasteiger partial charge in [-0.05, 0) is 49.8 Å². The highest BCUT2D eigenvalue weighted by atomic mass is 19.1. The number of benzene rings is 1. The van der Waals surface area contributed by atoms with Crippen molar-refractivity contribution in [3.8, 4) is 6.07 Å². The molecule has 0 aromatic heterocycles. The maximum absolute atomic E-state index is 14.1. The lowest BCUT2D eigenvalue weighted by Crippen LogP contribution is -2.26. The van der Waals surface area contributed by atoms with Gasteiger partial charge in [-0.15, -0.1) is 0 Å². The standard InChI is InChI=1S/C18H25FN2/c1-18(2,3)16-8-5-10-21(11-9-16)13-15-7-4-6-14(12-20)17(15)19/h4,6-7,16H,5,8-11,13H2,1-3H3. The van der Waals surface area contributed by atoms with Crippen LogP contribution in [0.4, 0.5) is 4.39 Å². The zero-order valence-electron chi connectivity index (χ0n) is 13.3. The summed E-state index contributed by atoms with van der Waals surface area (Å²) in [5.74, 6) is 0.384. The third kappa shape index (κ3) is 4.04. The van der Waals surface area contributed by atoms with Crippen LogP contribution >= 0.6 is 0 Å². The van der Waals surface area contributed by atoms with Crippen molar-refractivity contribution in [2.45, 2.75) is 46.6 Å². The van der Waals surface area contributed by atoms with E-state index in [9.17, 15) is 4.39 Å². The van der Waals surface area contributed by atoms with Gasteiger partial charge in [0.25, 0.3) is 0 Å². The van der Waals surface area contributed by atoms with Crippen LogP contribution in [-0.4, -0.2) is 18.0 Å². The van der Waals surface area contributed by atoms with E-state index in [-0.39, 0.29) is 11.4 Å². The summed E-state index contributed by atoms with van der Waals surface area (Å²) in [5.41, 5.74) is 1.14. The molecule has 1 saturated heterocycles. The second-order valence-corrected chi connectivity index (χ2v) is 7.16. The highest BCUT2D eigenvalue weighted by Gasteiger charge is 2.27. The Morgan fingerprint density at radius 1 is 1.29 bits per heavy atom. The van der Waals surface area contributed by atoms with E-state index >= 15 is 0 Å². The third-order valence-electron chi connectivity index (χ3n) is 4.64. The summed E-state index contributed by atoms with van der Waals surface area (Å²) in [6.45, 7) is 9.56. The highest BCUT2D eigenvalue weighted by Crippen LogP contribution is 2.34. The number of nitriles is 1. The summed E-state index contributed by atoms with van der Waals surface area (Å²) in [7, 11) is 0. The maximum Gasteiger partial charge on any atom is 0.145 e. The topological polar surface area (TPSA) is 27.0 Å². The van der Waals surface area contributed by atoms with Gasteiger partial charge in [0.1, 0.15) is 11.9 Å². The molecule has 1 unspecified atom stereocenters. The largest absolute Gasteiger partial charge is 0.299 e. The first kappa shape index (κ1) is 16.0. The van der Waals surface area contributed by atoms with Gasteiger partial charge in [0.2, 0.25) is 0 Å². The van der Waals surface area contributed by atoms with Gasteiger partial charge in [0.05, 0.1) is 5.56 Å². The third-order valence-corrected chi connectivity index (χ3v) is 4.64. The van der Waals surface area contributed by atoms with E-state index < -0.39 is 0 Å². The average molecular weight is 288 g/mol. The van der Waals surface area contributed by atoms with Gasteiger partial charge in [0, 0.05) is 12.1 Å². The number of nitrogens with zero attached hydrogens (tertiary/aromatic N) is 2. The van der Waals surface area contributed by atoms with Crippen LogP contribution in [0.25, 0.3) is 0 Å². The van der Waals surface area contributed by atoms with Crippen molar-refractivity contribution in [2.24, 2.45) is 11.3 Å². The molecule has 3 heteroatoms. The lowest BCUT2D eigenvalue weighted by Gasteiger charge is -2.29. The first-order valence-corrected chi connectivity index (χ1v) is 7.81. The van der Waals surface area contributed by atoms with Crippen LogP contribution in [0.3, 0.4) is 0 Å². The van der Waals surface area contributed by atoms with Gasteiger partial charge >= 0.3 is 0 Å². The molecule has 1 fully saturated rings. The predicted octanol–water partition coefficient (Wildman–Crippen LogP) is 4.35.